The van der Waals surface area contributed by atoms with Crippen molar-refractivity contribution in [1.82, 2.24) is 4.90 Å². The number of thiocarbonyl (C=S) groups is 1. The Balaban J connectivity index is 2.33. The van der Waals surface area contributed by atoms with Crippen LogP contribution in [0.25, 0.3) is 6.08 Å². The van der Waals surface area contributed by atoms with Crippen LogP contribution in [-0.4, -0.2) is 34.2 Å². The Morgan fingerprint density at radius 3 is 2.79 bits per heavy atom. The quantitative estimate of drug-likeness (QED) is 0.568. The summed E-state index contributed by atoms with van der Waals surface area (Å²) in [5.41, 5.74) is 0.781. The number of amides is 1. The van der Waals surface area contributed by atoms with E-state index >= 15 is 0 Å². The molecule has 2 atom stereocenters. The number of carbonyl (C=O) groups is 2. The largest absolute Gasteiger partial charge is 0.548 e. The van der Waals surface area contributed by atoms with Gasteiger partial charge in [0.05, 0.1) is 24.0 Å². The summed E-state index contributed by atoms with van der Waals surface area (Å²) in [5, 5.41) is 11.5. The number of thioether (sulfide) groups is 1. The molecule has 0 N–H and O–H groups in total. The van der Waals surface area contributed by atoms with E-state index in [4.69, 9.17) is 17.0 Å². The Kier molecular flexibility index (Phi) is 6.01. The summed E-state index contributed by atoms with van der Waals surface area (Å²) in [6.07, 6.45) is 2.29. The fourth-order valence-corrected chi connectivity index (χ4v) is 3.75. The molecule has 5 nitrogen and oxygen atoms in total. The number of rotatable bonds is 6. The zero-order chi connectivity index (χ0) is 17.9. The van der Waals surface area contributed by atoms with E-state index in [1.165, 1.54) is 0 Å². The van der Waals surface area contributed by atoms with Gasteiger partial charge < -0.3 is 14.6 Å². The lowest BCUT2D eigenvalue weighted by Gasteiger charge is -2.32. The third-order valence-electron chi connectivity index (χ3n) is 3.92. The minimum atomic E-state index is -1.29. The molecule has 1 aliphatic rings. The van der Waals surface area contributed by atoms with Crippen molar-refractivity contribution in [3.8, 4) is 5.75 Å². The number of carboxylic acids is 1. The van der Waals surface area contributed by atoms with Crippen molar-refractivity contribution in [2.24, 2.45) is 5.92 Å². The number of ether oxygens (including phenoxy) is 1. The van der Waals surface area contributed by atoms with Crippen molar-refractivity contribution in [1.29, 1.82) is 0 Å². The van der Waals surface area contributed by atoms with Crippen LogP contribution in [0.15, 0.2) is 29.2 Å². The fraction of sp³-hybridized carbons (Fsp3) is 0.353. The van der Waals surface area contributed by atoms with Crippen molar-refractivity contribution in [3.63, 3.8) is 0 Å². The van der Waals surface area contributed by atoms with Crippen LogP contribution in [0.3, 0.4) is 0 Å². The lowest BCUT2D eigenvalue weighted by atomic mass is 9.98. The second-order valence-electron chi connectivity index (χ2n) is 5.48. The normalized spacial score (nSPS) is 18.8. The van der Waals surface area contributed by atoms with Gasteiger partial charge in [-0.1, -0.05) is 56.4 Å². The molecule has 0 unspecified atom stereocenters. The smallest absolute Gasteiger partial charge is 0.266 e. The molecule has 0 aliphatic carbocycles. The van der Waals surface area contributed by atoms with E-state index in [2.05, 4.69) is 0 Å². The molecule has 0 aromatic heterocycles. The molecule has 1 aliphatic heterocycles. The molecule has 7 heteroatoms. The zero-order valence-electron chi connectivity index (χ0n) is 13.6. The van der Waals surface area contributed by atoms with Crippen LogP contribution in [0.4, 0.5) is 0 Å². The van der Waals surface area contributed by atoms with Crippen LogP contribution in [0.1, 0.15) is 25.8 Å². The molecule has 0 bridgehead atoms. The van der Waals surface area contributed by atoms with E-state index in [9.17, 15) is 14.7 Å². The maximum Gasteiger partial charge on any atom is 0.266 e. The standard InChI is InChI=1S/C17H19NO4S2/c1-4-10(2)14(16(20)21)18-15(19)13(24-17(18)23)9-11-6-5-7-12(8-11)22-3/h5-10,14H,4H2,1-3H3,(H,20,21)/p-1/b13-9-/t10-,14-/m1/s1. The Morgan fingerprint density at radius 2 is 2.21 bits per heavy atom. The molecule has 2 rings (SSSR count). The summed E-state index contributed by atoms with van der Waals surface area (Å²) in [6.45, 7) is 3.63. The fourth-order valence-electron chi connectivity index (χ4n) is 2.42. The average molecular weight is 364 g/mol. The first-order valence-electron chi connectivity index (χ1n) is 7.51. The van der Waals surface area contributed by atoms with Crippen LogP contribution in [0.2, 0.25) is 0 Å². The van der Waals surface area contributed by atoms with Gasteiger partial charge in [-0.3, -0.25) is 9.69 Å². The van der Waals surface area contributed by atoms with E-state index < -0.39 is 17.9 Å². The Hall–Kier alpha value is -1.86. The van der Waals surface area contributed by atoms with E-state index in [0.717, 1.165) is 22.2 Å². The Morgan fingerprint density at radius 1 is 1.50 bits per heavy atom. The highest BCUT2D eigenvalue weighted by Gasteiger charge is 2.39. The van der Waals surface area contributed by atoms with Gasteiger partial charge in [0.15, 0.2) is 0 Å². The molecular weight excluding hydrogens is 346 g/mol. The van der Waals surface area contributed by atoms with Crippen LogP contribution in [0, 0.1) is 5.92 Å². The molecular formula is C17H18NO4S2-. The highest BCUT2D eigenvalue weighted by atomic mass is 32.2. The highest BCUT2D eigenvalue weighted by Crippen LogP contribution is 2.36. The van der Waals surface area contributed by atoms with Crippen LogP contribution < -0.4 is 9.84 Å². The molecule has 0 saturated carbocycles. The summed E-state index contributed by atoms with van der Waals surface area (Å²) in [7, 11) is 1.56. The number of methoxy groups -OCH3 is 1. The monoisotopic (exact) mass is 364 g/mol. The van der Waals surface area contributed by atoms with E-state index in [1.54, 1.807) is 32.2 Å². The van der Waals surface area contributed by atoms with Crippen molar-refractivity contribution in [2.75, 3.05) is 7.11 Å². The van der Waals surface area contributed by atoms with Gasteiger partial charge in [-0.05, 0) is 29.7 Å². The third kappa shape index (κ3) is 3.79. The molecule has 1 heterocycles. The Bertz CT molecular complexity index is 702. The van der Waals surface area contributed by atoms with E-state index in [0.29, 0.717) is 17.1 Å². The number of nitrogens with zero attached hydrogens (tertiary/aromatic N) is 1. The molecule has 1 aromatic rings. The minimum absolute atomic E-state index is 0.239. The number of benzene rings is 1. The van der Waals surface area contributed by atoms with Crippen molar-refractivity contribution >= 4 is 46.3 Å². The van der Waals surface area contributed by atoms with Crippen molar-refractivity contribution in [2.45, 2.75) is 26.3 Å². The number of carboxylic acid groups (broad SMARTS) is 1. The van der Waals surface area contributed by atoms with Gasteiger partial charge >= 0.3 is 0 Å². The summed E-state index contributed by atoms with van der Waals surface area (Å²) in [4.78, 5) is 25.7. The molecule has 0 spiro atoms. The van der Waals surface area contributed by atoms with Gasteiger partial charge in [-0.15, -0.1) is 0 Å². The van der Waals surface area contributed by atoms with Gasteiger partial charge in [0, 0.05) is 0 Å². The van der Waals surface area contributed by atoms with Crippen LogP contribution in [0.5, 0.6) is 5.75 Å². The highest BCUT2D eigenvalue weighted by molar-refractivity contribution is 8.26. The number of aliphatic carboxylic acids is 1. The lowest BCUT2D eigenvalue weighted by molar-refractivity contribution is -0.311. The average Bonchev–Trinajstić information content (AvgIpc) is 2.82. The van der Waals surface area contributed by atoms with Crippen molar-refractivity contribution in [3.05, 3.63) is 34.7 Å². The summed E-state index contributed by atoms with van der Waals surface area (Å²) < 4.78 is 5.40. The maximum atomic E-state index is 12.7. The molecule has 1 fully saturated rings. The molecule has 128 valence electrons. The van der Waals surface area contributed by atoms with Gasteiger partial charge in [-0.2, -0.15) is 0 Å². The van der Waals surface area contributed by atoms with Gasteiger partial charge in [0.2, 0.25) is 0 Å². The molecule has 24 heavy (non-hydrogen) atoms. The van der Waals surface area contributed by atoms with Crippen molar-refractivity contribution < 1.29 is 19.4 Å². The summed E-state index contributed by atoms with van der Waals surface area (Å²) in [5.74, 6) is -1.27. The number of hydrogen-bond acceptors (Lipinski definition) is 6. The first-order chi connectivity index (χ1) is 11.4. The SMILES string of the molecule is CC[C@@H](C)[C@H](C(=O)[O-])N1C(=O)/C(=C/c2cccc(OC)c2)SC1=S. The Labute approximate surface area is 150 Å². The molecule has 1 aromatic carbocycles. The summed E-state index contributed by atoms with van der Waals surface area (Å²) >= 11 is 6.33. The minimum Gasteiger partial charge on any atom is -0.548 e. The molecule has 0 radical (unpaired) electrons. The second kappa shape index (κ2) is 7.81. The number of carbonyl (C=O) groups excluding carboxylic acids is 2. The van der Waals surface area contributed by atoms with Gasteiger partial charge in [-0.25, -0.2) is 0 Å². The van der Waals surface area contributed by atoms with Crippen LogP contribution >= 0.6 is 24.0 Å². The summed E-state index contributed by atoms with van der Waals surface area (Å²) in [6, 6.07) is 6.18. The maximum absolute atomic E-state index is 12.7. The van der Waals surface area contributed by atoms with Gasteiger partial charge in [0.25, 0.3) is 5.91 Å². The zero-order valence-corrected chi connectivity index (χ0v) is 15.3. The second-order valence-corrected chi connectivity index (χ2v) is 7.15. The predicted molar refractivity (Wildman–Crippen MR) is 96.3 cm³/mol. The number of hydrogen-bond donors (Lipinski definition) is 0. The topological polar surface area (TPSA) is 69.7 Å². The first kappa shape index (κ1) is 18.5. The first-order valence-corrected chi connectivity index (χ1v) is 8.73. The molecule has 1 saturated heterocycles. The molecule has 1 amide bonds. The third-order valence-corrected chi connectivity index (χ3v) is 5.25. The van der Waals surface area contributed by atoms with Crippen LogP contribution in [-0.2, 0) is 9.59 Å². The van der Waals surface area contributed by atoms with Gasteiger partial charge in [0.1, 0.15) is 10.1 Å². The van der Waals surface area contributed by atoms with E-state index in [1.807, 2.05) is 19.1 Å². The van der Waals surface area contributed by atoms with E-state index in [-0.39, 0.29) is 10.2 Å². The predicted octanol–water partition coefficient (Wildman–Crippen LogP) is 2.06. The lowest BCUT2D eigenvalue weighted by Crippen LogP contribution is -2.53.